The van der Waals surface area contributed by atoms with Gasteiger partial charge in [0.05, 0.1) is 0 Å². The highest BCUT2D eigenvalue weighted by Crippen LogP contribution is 2.19. The van der Waals surface area contributed by atoms with Gasteiger partial charge in [-0.05, 0) is 12.5 Å². The van der Waals surface area contributed by atoms with Crippen molar-refractivity contribution in [2.24, 2.45) is 0 Å². The molecule has 1 unspecified atom stereocenters. The van der Waals surface area contributed by atoms with Gasteiger partial charge in [0.25, 0.3) is 5.91 Å². The Balaban J connectivity index is 3.04. The van der Waals surface area contributed by atoms with Crippen LogP contribution < -0.4 is 0 Å². The molecule has 0 aliphatic carbocycles. The molecule has 6 nitrogen and oxygen atoms in total. The van der Waals surface area contributed by atoms with Gasteiger partial charge in [-0.3, -0.25) is 4.79 Å². The number of rotatable bonds is 1. The lowest BCUT2D eigenvalue weighted by Gasteiger charge is -2.16. The molecule has 0 saturated heterocycles. The molecule has 2 amide bonds. The number of aliphatic carboxylic acids is 1. The Morgan fingerprint density at radius 1 is 1.46 bits per heavy atom. The molecule has 0 spiro atoms. The highest BCUT2D eigenvalue weighted by Gasteiger charge is 2.40. The van der Waals surface area contributed by atoms with Crippen molar-refractivity contribution in [2.75, 3.05) is 0 Å². The molecular formula is C7H7NO5. The normalized spacial score (nSPS) is 21.6. The molecule has 70 valence electrons. The average molecular weight is 185 g/mol. The molecule has 1 aliphatic heterocycles. The SMILES string of the molecule is CC1=CC(=O)N(C(=O)O)C1C(=O)O. The molecule has 0 fully saturated rings. The Bertz CT molecular complexity index is 319. The van der Waals surface area contributed by atoms with Crippen LogP contribution in [0.2, 0.25) is 0 Å². The molecular weight excluding hydrogens is 178 g/mol. The summed E-state index contributed by atoms with van der Waals surface area (Å²) in [6, 6.07) is -1.37. The summed E-state index contributed by atoms with van der Waals surface area (Å²) >= 11 is 0. The van der Waals surface area contributed by atoms with E-state index >= 15 is 0 Å². The molecule has 0 aromatic heterocycles. The van der Waals surface area contributed by atoms with Crippen LogP contribution in [0.4, 0.5) is 4.79 Å². The summed E-state index contributed by atoms with van der Waals surface area (Å²) in [5.74, 6) is -2.15. The molecule has 1 atom stereocenters. The number of amides is 2. The molecule has 0 bridgehead atoms. The Morgan fingerprint density at radius 2 is 2.00 bits per heavy atom. The highest BCUT2D eigenvalue weighted by atomic mass is 16.4. The predicted octanol–water partition coefficient (Wildman–Crippen LogP) is -0.0939. The molecule has 0 saturated carbocycles. The lowest BCUT2D eigenvalue weighted by molar-refractivity contribution is -0.144. The second-order valence-corrected chi connectivity index (χ2v) is 2.62. The maximum absolute atomic E-state index is 10.9. The fourth-order valence-electron chi connectivity index (χ4n) is 1.18. The minimum Gasteiger partial charge on any atom is -0.479 e. The molecule has 13 heavy (non-hydrogen) atoms. The van der Waals surface area contributed by atoms with E-state index in [1.165, 1.54) is 6.92 Å². The van der Waals surface area contributed by atoms with Gasteiger partial charge in [-0.2, -0.15) is 0 Å². The second-order valence-electron chi connectivity index (χ2n) is 2.62. The van der Waals surface area contributed by atoms with Crippen molar-refractivity contribution < 1.29 is 24.6 Å². The minimum absolute atomic E-state index is 0.222. The minimum atomic E-state index is -1.55. The largest absolute Gasteiger partial charge is 0.479 e. The quantitative estimate of drug-likeness (QED) is 0.595. The van der Waals surface area contributed by atoms with Gasteiger partial charge in [0.2, 0.25) is 0 Å². The Labute approximate surface area is 73.1 Å². The summed E-state index contributed by atoms with van der Waals surface area (Å²) in [6.07, 6.45) is -0.544. The first-order chi connectivity index (χ1) is 5.95. The summed E-state index contributed by atoms with van der Waals surface area (Å²) in [4.78, 5) is 32.3. The summed E-state index contributed by atoms with van der Waals surface area (Å²) < 4.78 is 0. The number of hydrogen-bond acceptors (Lipinski definition) is 3. The van der Waals surface area contributed by atoms with E-state index in [1.54, 1.807) is 0 Å². The zero-order chi connectivity index (χ0) is 10.2. The van der Waals surface area contributed by atoms with Crippen LogP contribution in [0.1, 0.15) is 6.92 Å². The van der Waals surface area contributed by atoms with E-state index in [9.17, 15) is 14.4 Å². The standard InChI is InChI=1S/C7H7NO5/c1-3-2-4(9)8(7(12)13)5(3)6(10)11/h2,5H,1H3,(H,10,11)(H,12,13). The number of nitrogens with zero attached hydrogens (tertiary/aromatic N) is 1. The molecule has 0 aromatic rings. The third-order valence-corrected chi connectivity index (χ3v) is 1.72. The van der Waals surface area contributed by atoms with Gasteiger partial charge in [0.1, 0.15) is 0 Å². The van der Waals surface area contributed by atoms with Crippen LogP contribution in [0.25, 0.3) is 0 Å². The van der Waals surface area contributed by atoms with Crippen molar-refractivity contribution in [1.29, 1.82) is 0 Å². The zero-order valence-electron chi connectivity index (χ0n) is 6.72. The lowest BCUT2D eigenvalue weighted by atomic mass is 10.1. The predicted molar refractivity (Wildman–Crippen MR) is 40.1 cm³/mol. The fourth-order valence-corrected chi connectivity index (χ4v) is 1.18. The first-order valence-electron chi connectivity index (χ1n) is 3.42. The van der Waals surface area contributed by atoms with E-state index in [1.807, 2.05) is 0 Å². The van der Waals surface area contributed by atoms with Gasteiger partial charge in [-0.25, -0.2) is 14.5 Å². The summed E-state index contributed by atoms with van der Waals surface area (Å²) in [5.41, 5.74) is 0.222. The van der Waals surface area contributed by atoms with Gasteiger partial charge >= 0.3 is 12.1 Å². The van der Waals surface area contributed by atoms with Crippen LogP contribution in [0, 0.1) is 0 Å². The molecule has 2 N–H and O–H groups in total. The van der Waals surface area contributed by atoms with Gasteiger partial charge in [-0.15, -0.1) is 0 Å². The number of carbonyl (C=O) groups is 3. The Hall–Kier alpha value is -1.85. The van der Waals surface area contributed by atoms with E-state index in [4.69, 9.17) is 10.2 Å². The maximum Gasteiger partial charge on any atom is 0.415 e. The van der Waals surface area contributed by atoms with Gasteiger partial charge in [-0.1, -0.05) is 0 Å². The van der Waals surface area contributed by atoms with E-state index in [2.05, 4.69) is 0 Å². The third kappa shape index (κ3) is 1.37. The number of hydrogen-bond donors (Lipinski definition) is 2. The highest BCUT2D eigenvalue weighted by molar-refractivity contribution is 6.06. The maximum atomic E-state index is 10.9. The first-order valence-corrected chi connectivity index (χ1v) is 3.42. The molecule has 1 rings (SSSR count). The Morgan fingerprint density at radius 3 is 2.31 bits per heavy atom. The van der Waals surface area contributed by atoms with E-state index in [-0.39, 0.29) is 10.5 Å². The van der Waals surface area contributed by atoms with Crippen molar-refractivity contribution in [2.45, 2.75) is 13.0 Å². The van der Waals surface area contributed by atoms with Crippen molar-refractivity contribution in [3.05, 3.63) is 11.6 Å². The molecule has 6 heteroatoms. The number of carboxylic acid groups (broad SMARTS) is 2. The zero-order valence-corrected chi connectivity index (χ0v) is 6.72. The first kappa shape index (κ1) is 9.24. The van der Waals surface area contributed by atoms with Gasteiger partial charge in [0.15, 0.2) is 6.04 Å². The molecule has 0 aromatic carbocycles. The fraction of sp³-hybridized carbons (Fsp3) is 0.286. The number of imide groups is 1. The van der Waals surface area contributed by atoms with E-state index < -0.39 is 24.0 Å². The van der Waals surface area contributed by atoms with Crippen molar-refractivity contribution in [1.82, 2.24) is 4.90 Å². The van der Waals surface area contributed by atoms with Crippen molar-refractivity contribution in [3.8, 4) is 0 Å². The van der Waals surface area contributed by atoms with E-state index in [0.717, 1.165) is 6.08 Å². The Kier molecular flexibility index (Phi) is 2.05. The van der Waals surface area contributed by atoms with Crippen molar-refractivity contribution in [3.63, 3.8) is 0 Å². The van der Waals surface area contributed by atoms with E-state index in [0.29, 0.717) is 0 Å². The van der Waals surface area contributed by atoms with Gasteiger partial charge in [0, 0.05) is 6.08 Å². The second kappa shape index (κ2) is 2.89. The van der Waals surface area contributed by atoms with Crippen LogP contribution in [-0.4, -0.2) is 39.1 Å². The van der Waals surface area contributed by atoms with Crippen LogP contribution in [-0.2, 0) is 9.59 Å². The summed E-state index contributed by atoms with van der Waals surface area (Å²) in [5, 5.41) is 17.2. The van der Waals surface area contributed by atoms with Crippen molar-refractivity contribution >= 4 is 18.0 Å². The van der Waals surface area contributed by atoms with Crippen LogP contribution in [0.15, 0.2) is 11.6 Å². The third-order valence-electron chi connectivity index (χ3n) is 1.72. The molecule has 0 radical (unpaired) electrons. The smallest absolute Gasteiger partial charge is 0.415 e. The average Bonchev–Trinajstić information content (AvgIpc) is 2.24. The van der Waals surface area contributed by atoms with Crippen LogP contribution in [0.5, 0.6) is 0 Å². The molecule has 1 heterocycles. The monoisotopic (exact) mass is 185 g/mol. The number of carboxylic acids is 1. The lowest BCUT2D eigenvalue weighted by Crippen LogP contribution is -2.43. The van der Waals surface area contributed by atoms with Crippen LogP contribution in [0.3, 0.4) is 0 Å². The summed E-state index contributed by atoms with van der Waals surface area (Å²) in [7, 11) is 0. The van der Waals surface area contributed by atoms with Gasteiger partial charge < -0.3 is 10.2 Å². The summed E-state index contributed by atoms with van der Waals surface area (Å²) in [6.45, 7) is 1.40. The number of carbonyl (C=O) groups excluding carboxylic acids is 1. The topological polar surface area (TPSA) is 94.9 Å². The van der Waals surface area contributed by atoms with Crippen LogP contribution >= 0.6 is 0 Å². The molecule has 1 aliphatic rings.